The second kappa shape index (κ2) is 7.54. The van der Waals surface area contributed by atoms with Crippen LogP contribution in [0.3, 0.4) is 0 Å². The Morgan fingerprint density at radius 1 is 1.26 bits per heavy atom. The average molecular weight is 370 g/mol. The maximum absolute atomic E-state index is 12.2. The molecule has 27 heavy (non-hydrogen) atoms. The van der Waals surface area contributed by atoms with Crippen LogP contribution in [-0.2, 0) is 9.53 Å². The molecule has 2 aliphatic rings. The lowest BCUT2D eigenvalue weighted by molar-refractivity contribution is -0.154. The molecule has 0 unspecified atom stereocenters. The molecule has 0 bridgehead atoms. The van der Waals surface area contributed by atoms with Crippen molar-refractivity contribution in [1.82, 2.24) is 4.90 Å². The number of hydrogen-bond acceptors (Lipinski definition) is 5. The van der Waals surface area contributed by atoms with E-state index in [1.165, 1.54) is 6.26 Å². The van der Waals surface area contributed by atoms with Crippen molar-refractivity contribution >= 4 is 17.5 Å². The van der Waals surface area contributed by atoms with E-state index in [0.717, 1.165) is 12.8 Å². The van der Waals surface area contributed by atoms with Crippen LogP contribution >= 0.6 is 0 Å². The van der Waals surface area contributed by atoms with Crippen molar-refractivity contribution in [2.45, 2.75) is 25.0 Å². The third-order valence-corrected chi connectivity index (χ3v) is 5.01. The summed E-state index contributed by atoms with van der Waals surface area (Å²) in [6, 6.07) is 9.77. The van der Waals surface area contributed by atoms with Crippen LogP contribution in [0.1, 0.15) is 35.1 Å². The summed E-state index contributed by atoms with van der Waals surface area (Å²) in [5.41, 5.74) is 1.27. The molecular formula is C20H22N2O5. The highest BCUT2D eigenvalue weighted by Crippen LogP contribution is 2.33. The summed E-state index contributed by atoms with van der Waals surface area (Å²) in [5, 5.41) is 13.6. The van der Waals surface area contributed by atoms with Gasteiger partial charge in [-0.15, -0.1) is 0 Å². The minimum atomic E-state index is -0.845. The highest BCUT2D eigenvalue weighted by molar-refractivity contribution is 6.02. The van der Waals surface area contributed by atoms with Gasteiger partial charge >= 0.3 is 0 Å². The summed E-state index contributed by atoms with van der Waals surface area (Å²) in [5.74, 6) is 0.364. The van der Waals surface area contributed by atoms with Gasteiger partial charge in [-0.25, -0.2) is 0 Å². The van der Waals surface area contributed by atoms with Gasteiger partial charge < -0.3 is 24.5 Å². The number of nitrogens with one attached hydrogen (secondary N) is 1. The molecule has 4 rings (SSSR count). The van der Waals surface area contributed by atoms with Crippen molar-refractivity contribution in [2.75, 3.05) is 25.1 Å². The van der Waals surface area contributed by atoms with Gasteiger partial charge in [0.15, 0.2) is 5.76 Å². The van der Waals surface area contributed by atoms with Crippen molar-refractivity contribution in [1.29, 1.82) is 0 Å². The van der Waals surface area contributed by atoms with Gasteiger partial charge in [0.25, 0.3) is 5.91 Å². The van der Waals surface area contributed by atoms with Crippen molar-refractivity contribution in [2.24, 2.45) is 5.92 Å². The lowest BCUT2D eigenvalue weighted by atomic mass is 9.99. The van der Waals surface area contributed by atoms with Gasteiger partial charge in [-0.3, -0.25) is 9.59 Å². The van der Waals surface area contributed by atoms with Crippen LogP contribution < -0.4 is 5.32 Å². The molecule has 7 heteroatoms. The minimum Gasteiger partial charge on any atom is -0.459 e. The second-order valence-electron chi connectivity index (χ2n) is 7.07. The van der Waals surface area contributed by atoms with Crippen molar-refractivity contribution in [3.8, 4) is 0 Å². The van der Waals surface area contributed by atoms with Gasteiger partial charge in [0.2, 0.25) is 5.91 Å². The first kappa shape index (κ1) is 17.8. The molecule has 1 saturated heterocycles. The Morgan fingerprint density at radius 2 is 2.04 bits per heavy atom. The number of furan rings is 1. The zero-order valence-electron chi connectivity index (χ0n) is 14.8. The SMILES string of the molecule is O=C(Nc1ccc([C@@H](O)[C@H]2COCC(=O)N2CC2CC2)cc1)c1ccco1. The Balaban J connectivity index is 1.44. The molecule has 2 heterocycles. The average Bonchev–Trinajstić information content (AvgIpc) is 3.32. The first-order valence-electron chi connectivity index (χ1n) is 9.12. The molecule has 1 aliphatic carbocycles. The number of rotatable bonds is 6. The standard InChI is InChI=1S/C20H22N2O5/c23-18-12-26-11-16(22(18)10-13-3-4-13)19(24)14-5-7-15(8-6-14)21-20(25)17-2-1-9-27-17/h1-2,5-9,13,16,19,24H,3-4,10-12H2,(H,21,25)/t16-,19-/m1/s1. The maximum atomic E-state index is 12.2. The predicted molar refractivity (Wildman–Crippen MR) is 97.1 cm³/mol. The Labute approximate surface area is 156 Å². The predicted octanol–water partition coefficient (Wildman–Crippen LogP) is 2.20. The maximum Gasteiger partial charge on any atom is 0.291 e. The summed E-state index contributed by atoms with van der Waals surface area (Å²) in [6.07, 6.45) is 2.87. The van der Waals surface area contributed by atoms with Gasteiger partial charge in [0, 0.05) is 12.2 Å². The van der Waals surface area contributed by atoms with Crippen LogP contribution in [0.5, 0.6) is 0 Å². The van der Waals surface area contributed by atoms with E-state index in [1.54, 1.807) is 41.3 Å². The fourth-order valence-electron chi connectivity index (χ4n) is 3.29. The molecule has 2 N–H and O–H groups in total. The van der Waals surface area contributed by atoms with E-state index in [2.05, 4.69) is 5.32 Å². The van der Waals surface area contributed by atoms with E-state index in [-0.39, 0.29) is 24.2 Å². The summed E-state index contributed by atoms with van der Waals surface area (Å²) in [7, 11) is 0. The molecule has 2 atom stereocenters. The van der Waals surface area contributed by atoms with Gasteiger partial charge in [0.05, 0.1) is 18.9 Å². The molecule has 2 aromatic rings. The number of ether oxygens (including phenoxy) is 1. The third-order valence-electron chi connectivity index (χ3n) is 5.01. The smallest absolute Gasteiger partial charge is 0.291 e. The van der Waals surface area contributed by atoms with E-state index < -0.39 is 12.1 Å². The van der Waals surface area contributed by atoms with E-state index in [4.69, 9.17) is 9.15 Å². The number of aliphatic hydroxyl groups excluding tert-OH is 1. The summed E-state index contributed by atoms with van der Waals surface area (Å²) in [6.45, 7) is 1.07. The summed E-state index contributed by atoms with van der Waals surface area (Å²) < 4.78 is 10.4. The lowest BCUT2D eigenvalue weighted by Crippen LogP contribution is -2.52. The molecule has 2 amide bonds. The number of aliphatic hydroxyl groups is 1. The van der Waals surface area contributed by atoms with Crippen LogP contribution in [0.4, 0.5) is 5.69 Å². The van der Waals surface area contributed by atoms with Crippen molar-refractivity contribution in [3.63, 3.8) is 0 Å². The van der Waals surface area contributed by atoms with Crippen LogP contribution in [0, 0.1) is 5.92 Å². The number of hydrogen-bond donors (Lipinski definition) is 2. The monoisotopic (exact) mass is 370 g/mol. The Bertz CT molecular complexity index is 798. The van der Waals surface area contributed by atoms with E-state index >= 15 is 0 Å². The van der Waals surface area contributed by atoms with Crippen LogP contribution in [0.15, 0.2) is 47.1 Å². The normalized spacial score (nSPS) is 21.1. The van der Waals surface area contributed by atoms with Crippen LogP contribution in [0.25, 0.3) is 0 Å². The molecule has 1 aliphatic heterocycles. The van der Waals surface area contributed by atoms with Gasteiger partial charge in [-0.1, -0.05) is 12.1 Å². The number of carbonyl (C=O) groups excluding carboxylic acids is 2. The molecule has 0 spiro atoms. The third kappa shape index (κ3) is 4.04. The van der Waals surface area contributed by atoms with Gasteiger partial charge in [-0.2, -0.15) is 0 Å². The van der Waals surface area contributed by atoms with E-state index in [9.17, 15) is 14.7 Å². The van der Waals surface area contributed by atoms with E-state index in [1.807, 2.05) is 0 Å². The highest BCUT2D eigenvalue weighted by Gasteiger charge is 2.37. The van der Waals surface area contributed by atoms with E-state index in [0.29, 0.717) is 30.3 Å². The number of carbonyl (C=O) groups is 2. The van der Waals surface area contributed by atoms with Crippen LogP contribution in [-0.4, -0.2) is 47.6 Å². The van der Waals surface area contributed by atoms with Crippen molar-refractivity contribution in [3.05, 3.63) is 54.0 Å². The van der Waals surface area contributed by atoms with Crippen LogP contribution in [0.2, 0.25) is 0 Å². The first-order chi connectivity index (χ1) is 13.1. The number of benzene rings is 1. The largest absolute Gasteiger partial charge is 0.459 e. The number of nitrogens with zero attached hydrogens (tertiary/aromatic N) is 1. The molecule has 142 valence electrons. The highest BCUT2D eigenvalue weighted by atomic mass is 16.5. The topological polar surface area (TPSA) is 92.0 Å². The number of morpholine rings is 1. The Hall–Kier alpha value is -2.64. The zero-order chi connectivity index (χ0) is 18.8. The number of amides is 2. The van der Waals surface area contributed by atoms with Gasteiger partial charge in [-0.05, 0) is 48.6 Å². The quantitative estimate of drug-likeness (QED) is 0.813. The fraction of sp³-hybridized carbons (Fsp3) is 0.400. The fourth-order valence-corrected chi connectivity index (χ4v) is 3.29. The molecule has 7 nitrogen and oxygen atoms in total. The number of anilines is 1. The Morgan fingerprint density at radius 3 is 2.70 bits per heavy atom. The molecule has 1 aromatic carbocycles. The van der Waals surface area contributed by atoms with Gasteiger partial charge in [0.1, 0.15) is 12.7 Å². The minimum absolute atomic E-state index is 0.0699. The second-order valence-corrected chi connectivity index (χ2v) is 7.07. The molecular weight excluding hydrogens is 348 g/mol. The molecule has 1 saturated carbocycles. The zero-order valence-corrected chi connectivity index (χ0v) is 14.8. The first-order valence-corrected chi connectivity index (χ1v) is 9.12. The molecule has 0 radical (unpaired) electrons. The lowest BCUT2D eigenvalue weighted by Gasteiger charge is -2.38. The summed E-state index contributed by atoms with van der Waals surface area (Å²) in [4.78, 5) is 26.0. The summed E-state index contributed by atoms with van der Waals surface area (Å²) >= 11 is 0. The Kier molecular flexibility index (Phi) is 4.96. The molecule has 1 aromatic heterocycles. The van der Waals surface area contributed by atoms with Crippen molar-refractivity contribution < 1.29 is 23.8 Å². The molecule has 2 fully saturated rings.